The SMILES string of the molecule is CCNCC(N)c1cc(C)ccc1C. The van der Waals surface area contributed by atoms with Gasteiger partial charge in [0, 0.05) is 12.6 Å². The van der Waals surface area contributed by atoms with Gasteiger partial charge in [-0.05, 0) is 31.5 Å². The number of rotatable bonds is 4. The van der Waals surface area contributed by atoms with Crippen LogP contribution in [-0.4, -0.2) is 13.1 Å². The fourth-order valence-corrected chi connectivity index (χ4v) is 1.57. The maximum absolute atomic E-state index is 6.09. The van der Waals surface area contributed by atoms with Gasteiger partial charge >= 0.3 is 0 Å². The van der Waals surface area contributed by atoms with Crippen molar-refractivity contribution in [2.24, 2.45) is 5.73 Å². The van der Waals surface area contributed by atoms with Crippen LogP contribution in [0.4, 0.5) is 0 Å². The van der Waals surface area contributed by atoms with Gasteiger partial charge in [0.25, 0.3) is 0 Å². The molecule has 0 aliphatic rings. The summed E-state index contributed by atoms with van der Waals surface area (Å²) in [6.07, 6.45) is 0. The van der Waals surface area contributed by atoms with E-state index in [4.69, 9.17) is 5.73 Å². The normalized spacial score (nSPS) is 12.9. The van der Waals surface area contributed by atoms with E-state index < -0.39 is 0 Å². The molecule has 3 N–H and O–H groups in total. The molecule has 0 bridgehead atoms. The molecule has 1 atom stereocenters. The van der Waals surface area contributed by atoms with Crippen molar-refractivity contribution < 1.29 is 0 Å². The summed E-state index contributed by atoms with van der Waals surface area (Å²) < 4.78 is 0. The molecule has 1 unspecified atom stereocenters. The first-order chi connectivity index (χ1) is 6.65. The van der Waals surface area contributed by atoms with Gasteiger partial charge in [-0.1, -0.05) is 30.7 Å². The Labute approximate surface area is 86.5 Å². The number of hydrogen-bond donors (Lipinski definition) is 2. The summed E-state index contributed by atoms with van der Waals surface area (Å²) in [6.45, 7) is 8.12. The van der Waals surface area contributed by atoms with Gasteiger partial charge in [0.15, 0.2) is 0 Å². The maximum Gasteiger partial charge on any atom is 0.0424 e. The van der Waals surface area contributed by atoms with Gasteiger partial charge in [-0.25, -0.2) is 0 Å². The molecule has 0 spiro atoms. The van der Waals surface area contributed by atoms with Crippen molar-refractivity contribution in [2.45, 2.75) is 26.8 Å². The minimum atomic E-state index is 0.106. The average Bonchev–Trinajstić information content (AvgIpc) is 2.18. The second kappa shape index (κ2) is 5.13. The zero-order valence-corrected chi connectivity index (χ0v) is 9.30. The Morgan fingerprint density at radius 1 is 1.36 bits per heavy atom. The van der Waals surface area contributed by atoms with Crippen LogP contribution in [0.5, 0.6) is 0 Å². The van der Waals surface area contributed by atoms with Gasteiger partial charge < -0.3 is 11.1 Å². The highest BCUT2D eigenvalue weighted by Gasteiger charge is 2.07. The van der Waals surface area contributed by atoms with Gasteiger partial charge in [0.1, 0.15) is 0 Å². The topological polar surface area (TPSA) is 38.0 Å². The molecule has 2 nitrogen and oxygen atoms in total. The molecular weight excluding hydrogens is 172 g/mol. The summed E-state index contributed by atoms with van der Waals surface area (Å²) in [6, 6.07) is 6.54. The second-order valence-corrected chi connectivity index (χ2v) is 3.77. The lowest BCUT2D eigenvalue weighted by Crippen LogP contribution is -2.27. The van der Waals surface area contributed by atoms with E-state index in [1.165, 1.54) is 16.7 Å². The molecule has 0 aliphatic heterocycles. The lowest BCUT2D eigenvalue weighted by molar-refractivity contribution is 0.613. The monoisotopic (exact) mass is 192 g/mol. The summed E-state index contributed by atoms with van der Waals surface area (Å²) in [5.41, 5.74) is 9.90. The van der Waals surface area contributed by atoms with Crippen molar-refractivity contribution in [1.82, 2.24) is 5.32 Å². The third-order valence-electron chi connectivity index (χ3n) is 2.45. The average molecular weight is 192 g/mol. The predicted octanol–water partition coefficient (Wildman–Crippen LogP) is 1.91. The van der Waals surface area contributed by atoms with Gasteiger partial charge in [0.2, 0.25) is 0 Å². The second-order valence-electron chi connectivity index (χ2n) is 3.77. The standard InChI is InChI=1S/C12H20N2/c1-4-14-8-12(13)11-7-9(2)5-6-10(11)3/h5-7,12,14H,4,8,13H2,1-3H3. The van der Waals surface area contributed by atoms with Crippen molar-refractivity contribution in [3.8, 4) is 0 Å². The number of aryl methyl sites for hydroxylation is 2. The van der Waals surface area contributed by atoms with Crippen molar-refractivity contribution in [3.63, 3.8) is 0 Å². The minimum Gasteiger partial charge on any atom is -0.323 e. The minimum absolute atomic E-state index is 0.106. The molecule has 0 amide bonds. The van der Waals surface area contributed by atoms with E-state index in [0.29, 0.717) is 0 Å². The largest absolute Gasteiger partial charge is 0.323 e. The number of benzene rings is 1. The summed E-state index contributed by atoms with van der Waals surface area (Å²) in [5.74, 6) is 0. The van der Waals surface area contributed by atoms with E-state index in [-0.39, 0.29) is 6.04 Å². The fourth-order valence-electron chi connectivity index (χ4n) is 1.57. The van der Waals surface area contributed by atoms with Crippen LogP contribution in [0.1, 0.15) is 29.7 Å². The smallest absolute Gasteiger partial charge is 0.0424 e. The molecular formula is C12H20N2. The third kappa shape index (κ3) is 2.82. The Balaban J connectivity index is 2.77. The first kappa shape index (κ1) is 11.2. The summed E-state index contributed by atoms with van der Waals surface area (Å²) in [7, 11) is 0. The van der Waals surface area contributed by atoms with E-state index in [2.05, 4.69) is 44.3 Å². The Bertz CT molecular complexity index is 294. The van der Waals surface area contributed by atoms with E-state index in [0.717, 1.165) is 13.1 Å². The fraction of sp³-hybridized carbons (Fsp3) is 0.500. The summed E-state index contributed by atoms with van der Waals surface area (Å²) in [4.78, 5) is 0. The highest BCUT2D eigenvalue weighted by atomic mass is 14.9. The van der Waals surface area contributed by atoms with E-state index >= 15 is 0 Å². The molecule has 78 valence electrons. The molecule has 1 rings (SSSR count). The van der Waals surface area contributed by atoms with E-state index in [1.54, 1.807) is 0 Å². The Kier molecular flexibility index (Phi) is 4.11. The number of likely N-dealkylation sites (N-methyl/N-ethyl adjacent to an activating group) is 1. The van der Waals surface area contributed by atoms with Crippen LogP contribution in [-0.2, 0) is 0 Å². The van der Waals surface area contributed by atoms with Crippen molar-refractivity contribution >= 4 is 0 Å². The Morgan fingerprint density at radius 3 is 2.71 bits per heavy atom. The number of nitrogens with two attached hydrogens (primary N) is 1. The lowest BCUT2D eigenvalue weighted by atomic mass is 9.99. The summed E-state index contributed by atoms with van der Waals surface area (Å²) >= 11 is 0. The zero-order valence-electron chi connectivity index (χ0n) is 9.30. The molecule has 1 aromatic rings. The zero-order chi connectivity index (χ0) is 10.6. The van der Waals surface area contributed by atoms with Crippen LogP contribution in [0.3, 0.4) is 0 Å². The molecule has 0 radical (unpaired) electrons. The van der Waals surface area contributed by atoms with Gasteiger partial charge in [-0.3, -0.25) is 0 Å². The van der Waals surface area contributed by atoms with Gasteiger partial charge in [0.05, 0.1) is 0 Å². The predicted molar refractivity (Wildman–Crippen MR) is 61.4 cm³/mol. The molecule has 0 fully saturated rings. The molecule has 0 aromatic heterocycles. The van der Waals surface area contributed by atoms with E-state index in [9.17, 15) is 0 Å². The number of nitrogens with one attached hydrogen (secondary N) is 1. The van der Waals surface area contributed by atoms with Gasteiger partial charge in [-0.2, -0.15) is 0 Å². The molecule has 2 heteroatoms. The van der Waals surface area contributed by atoms with Crippen LogP contribution >= 0.6 is 0 Å². The highest BCUT2D eigenvalue weighted by molar-refractivity contribution is 5.32. The van der Waals surface area contributed by atoms with Crippen LogP contribution in [0, 0.1) is 13.8 Å². The first-order valence-corrected chi connectivity index (χ1v) is 5.18. The highest BCUT2D eigenvalue weighted by Crippen LogP contribution is 2.16. The molecule has 14 heavy (non-hydrogen) atoms. The van der Waals surface area contributed by atoms with Crippen molar-refractivity contribution in [2.75, 3.05) is 13.1 Å². The Hall–Kier alpha value is -0.860. The molecule has 0 saturated carbocycles. The molecule has 0 heterocycles. The van der Waals surface area contributed by atoms with Crippen molar-refractivity contribution in [1.29, 1.82) is 0 Å². The van der Waals surface area contributed by atoms with Gasteiger partial charge in [-0.15, -0.1) is 0 Å². The van der Waals surface area contributed by atoms with Crippen LogP contribution in [0.15, 0.2) is 18.2 Å². The molecule has 0 saturated heterocycles. The Morgan fingerprint density at radius 2 is 2.07 bits per heavy atom. The quantitative estimate of drug-likeness (QED) is 0.765. The van der Waals surface area contributed by atoms with Crippen LogP contribution < -0.4 is 11.1 Å². The molecule has 1 aromatic carbocycles. The lowest BCUT2D eigenvalue weighted by Gasteiger charge is -2.15. The molecule has 0 aliphatic carbocycles. The maximum atomic E-state index is 6.09. The van der Waals surface area contributed by atoms with Crippen LogP contribution in [0.2, 0.25) is 0 Å². The summed E-state index contributed by atoms with van der Waals surface area (Å²) in [5, 5.41) is 3.27. The first-order valence-electron chi connectivity index (χ1n) is 5.18. The third-order valence-corrected chi connectivity index (χ3v) is 2.45. The number of hydrogen-bond acceptors (Lipinski definition) is 2. The van der Waals surface area contributed by atoms with Crippen molar-refractivity contribution in [3.05, 3.63) is 34.9 Å². The van der Waals surface area contributed by atoms with E-state index in [1.807, 2.05) is 0 Å². The van der Waals surface area contributed by atoms with Crippen LogP contribution in [0.25, 0.3) is 0 Å².